The first-order valence-corrected chi connectivity index (χ1v) is 10.2. The molecule has 1 N–H and O–H groups in total. The highest BCUT2D eigenvalue weighted by Gasteiger charge is 2.20. The van der Waals surface area contributed by atoms with Crippen molar-refractivity contribution in [2.45, 2.75) is 13.2 Å². The fourth-order valence-electron chi connectivity index (χ4n) is 3.69. The lowest BCUT2D eigenvalue weighted by Crippen LogP contribution is -2.46. The van der Waals surface area contributed by atoms with Gasteiger partial charge in [0.05, 0.1) is 17.6 Å². The number of piperazine rings is 1. The van der Waals surface area contributed by atoms with E-state index in [0.717, 1.165) is 61.1 Å². The smallest absolute Gasteiger partial charge is 0.228 e. The Kier molecular flexibility index (Phi) is 5.26. The van der Waals surface area contributed by atoms with Gasteiger partial charge in [-0.15, -0.1) is 0 Å². The molecule has 3 heterocycles. The third-order valence-electron chi connectivity index (χ3n) is 5.31. The Morgan fingerprint density at radius 2 is 1.67 bits per heavy atom. The largest absolute Gasteiger partial charge is 0.473 e. The van der Waals surface area contributed by atoms with Crippen molar-refractivity contribution in [3.8, 4) is 5.88 Å². The number of H-pyrrole nitrogens is 1. The van der Waals surface area contributed by atoms with Gasteiger partial charge in [0, 0.05) is 38.4 Å². The average Bonchev–Trinajstić information content (AvgIpc) is 3.21. The van der Waals surface area contributed by atoms with Crippen LogP contribution in [-0.2, 0) is 13.2 Å². The van der Waals surface area contributed by atoms with Gasteiger partial charge in [0.15, 0.2) is 0 Å². The molecule has 1 aliphatic rings. The molecule has 30 heavy (non-hydrogen) atoms. The van der Waals surface area contributed by atoms with Crippen LogP contribution in [0.4, 0.5) is 5.95 Å². The quantitative estimate of drug-likeness (QED) is 0.536. The summed E-state index contributed by atoms with van der Waals surface area (Å²) < 4.78 is 5.85. The maximum absolute atomic E-state index is 5.85. The van der Waals surface area contributed by atoms with Crippen molar-refractivity contribution in [3.63, 3.8) is 0 Å². The Balaban J connectivity index is 1.17. The van der Waals surface area contributed by atoms with E-state index in [2.05, 4.69) is 35.8 Å². The second-order valence-corrected chi connectivity index (χ2v) is 7.43. The molecule has 0 atom stereocenters. The van der Waals surface area contributed by atoms with Gasteiger partial charge in [0.1, 0.15) is 12.4 Å². The van der Waals surface area contributed by atoms with Crippen LogP contribution in [0.2, 0.25) is 0 Å². The van der Waals surface area contributed by atoms with E-state index in [1.165, 1.54) is 0 Å². The Labute approximate surface area is 175 Å². The van der Waals surface area contributed by atoms with Gasteiger partial charge in [0.25, 0.3) is 0 Å². The second kappa shape index (κ2) is 8.51. The summed E-state index contributed by atoms with van der Waals surface area (Å²) in [5, 5.41) is 0. The van der Waals surface area contributed by atoms with Crippen LogP contribution in [0.3, 0.4) is 0 Å². The summed E-state index contributed by atoms with van der Waals surface area (Å²) in [5.41, 5.74) is 3.23. The maximum atomic E-state index is 5.85. The number of benzene rings is 2. The van der Waals surface area contributed by atoms with Crippen LogP contribution in [0.1, 0.15) is 11.4 Å². The van der Waals surface area contributed by atoms with Crippen LogP contribution in [0.25, 0.3) is 11.0 Å². The molecule has 152 valence electrons. The molecular weight excluding hydrogens is 376 g/mol. The Bertz CT molecular complexity index is 1070. The predicted molar refractivity (Wildman–Crippen MR) is 116 cm³/mol. The number of fused-ring (bicyclic) bond motifs is 1. The van der Waals surface area contributed by atoms with Crippen LogP contribution in [0.5, 0.6) is 5.88 Å². The molecule has 0 spiro atoms. The van der Waals surface area contributed by atoms with Gasteiger partial charge < -0.3 is 14.6 Å². The highest BCUT2D eigenvalue weighted by molar-refractivity contribution is 5.74. The van der Waals surface area contributed by atoms with E-state index >= 15 is 0 Å². The fraction of sp³-hybridized carbons (Fsp3) is 0.261. The second-order valence-electron chi connectivity index (χ2n) is 7.43. The van der Waals surface area contributed by atoms with Crippen molar-refractivity contribution in [2.24, 2.45) is 0 Å². The summed E-state index contributed by atoms with van der Waals surface area (Å²) in [5.74, 6) is 2.34. The standard InChI is InChI=1S/C23H24N6O/c1-2-6-18(7-3-1)17-30-22-10-11-24-23(27-22)29-14-12-28(13-15-29)16-21-25-19-8-4-5-9-20(19)26-21/h1-11H,12-17H2,(H,25,26). The van der Waals surface area contributed by atoms with Gasteiger partial charge in [-0.2, -0.15) is 4.98 Å². The van der Waals surface area contributed by atoms with Gasteiger partial charge in [-0.3, -0.25) is 4.90 Å². The minimum atomic E-state index is 0.503. The molecule has 1 aliphatic heterocycles. The number of nitrogens with one attached hydrogen (secondary N) is 1. The zero-order valence-electron chi connectivity index (χ0n) is 16.7. The van der Waals surface area contributed by atoms with Crippen LogP contribution in [-0.4, -0.2) is 51.0 Å². The van der Waals surface area contributed by atoms with Gasteiger partial charge in [0.2, 0.25) is 11.8 Å². The minimum Gasteiger partial charge on any atom is -0.473 e. The van der Waals surface area contributed by atoms with Crippen molar-refractivity contribution in [2.75, 3.05) is 31.1 Å². The van der Waals surface area contributed by atoms with E-state index in [4.69, 9.17) is 4.74 Å². The number of ether oxygens (including phenoxy) is 1. The zero-order chi connectivity index (χ0) is 20.2. The lowest BCUT2D eigenvalue weighted by Gasteiger charge is -2.34. The number of anilines is 1. The molecule has 4 aromatic rings. The number of hydrogen-bond acceptors (Lipinski definition) is 6. The molecule has 0 bridgehead atoms. The fourth-order valence-corrected chi connectivity index (χ4v) is 3.69. The first-order valence-electron chi connectivity index (χ1n) is 10.2. The summed E-state index contributed by atoms with van der Waals surface area (Å²) >= 11 is 0. The summed E-state index contributed by atoms with van der Waals surface area (Å²) in [6, 6.07) is 20.1. The maximum Gasteiger partial charge on any atom is 0.228 e. The molecule has 1 fully saturated rings. The van der Waals surface area contributed by atoms with E-state index in [1.807, 2.05) is 54.6 Å². The summed E-state index contributed by atoms with van der Waals surface area (Å²) in [6.45, 7) is 4.96. The first kappa shape index (κ1) is 18.6. The number of hydrogen-bond donors (Lipinski definition) is 1. The average molecular weight is 400 g/mol. The number of para-hydroxylation sites is 2. The molecule has 7 heteroatoms. The number of aromatic nitrogens is 4. The Morgan fingerprint density at radius 3 is 2.50 bits per heavy atom. The van der Waals surface area contributed by atoms with Crippen molar-refractivity contribution in [1.82, 2.24) is 24.8 Å². The predicted octanol–water partition coefficient (Wildman–Crippen LogP) is 3.25. The number of aromatic amines is 1. The summed E-state index contributed by atoms with van der Waals surface area (Å²) in [4.78, 5) is 21.8. The highest BCUT2D eigenvalue weighted by Crippen LogP contribution is 2.17. The minimum absolute atomic E-state index is 0.503. The molecule has 0 unspecified atom stereocenters. The summed E-state index contributed by atoms with van der Waals surface area (Å²) in [7, 11) is 0. The van der Waals surface area contributed by atoms with E-state index in [9.17, 15) is 0 Å². The number of nitrogens with zero attached hydrogens (tertiary/aromatic N) is 5. The first-order chi connectivity index (χ1) is 14.8. The molecule has 0 amide bonds. The third-order valence-corrected chi connectivity index (χ3v) is 5.31. The lowest BCUT2D eigenvalue weighted by molar-refractivity contribution is 0.243. The topological polar surface area (TPSA) is 70.2 Å². The zero-order valence-corrected chi connectivity index (χ0v) is 16.7. The molecule has 0 aliphatic carbocycles. The molecule has 1 saturated heterocycles. The van der Waals surface area contributed by atoms with Crippen LogP contribution in [0.15, 0.2) is 66.9 Å². The summed E-state index contributed by atoms with van der Waals surface area (Å²) in [6.07, 6.45) is 1.77. The monoisotopic (exact) mass is 400 g/mol. The normalized spacial score (nSPS) is 14.9. The molecular formula is C23H24N6O. The van der Waals surface area contributed by atoms with Crippen molar-refractivity contribution >= 4 is 17.0 Å². The lowest BCUT2D eigenvalue weighted by atomic mass is 10.2. The molecule has 2 aromatic heterocycles. The third kappa shape index (κ3) is 4.26. The van der Waals surface area contributed by atoms with Gasteiger partial charge in [-0.25, -0.2) is 9.97 Å². The van der Waals surface area contributed by atoms with Gasteiger partial charge in [-0.1, -0.05) is 42.5 Å². The van der Waals surface area contributed by atoms with Crippen molar-refractivity contribution in [1.29, 1.82) is 0 Å². The van der Waals surface area contributed by atoms with E-state index < -0.39 is 0 Å². The van der Waals surface area contributed by atoms with E-state index in [1.54, 1.807) is 6.20 Å². The highest BCUT2D eigenvalue weighted by atomic mass is 16.5. The van der Waals surface area contributed by atoms with E-state index in [0.29, 0.717) is 12.5 Å². The van der Waals surface area contributed by atoms with Gasteiger partial charge in [-0.05, 0) is 17.7 Å². The van der Waals surface area contributed by atoms with Crippen molar-refractivity contribution < 1.29 is 4.74 Å². The number of imidazole rings is 1. The SMILES string of the molecule is c1ccc(COc2ccnc(N3CCN(Cc4nc5ccccc5[nH]4)CC3)n2)cc1. The molecule has 7 nitrogen and oxygen atoms in total. The Morgan fingerprint density at radius 1 is 0.867 bits per heavy atom. The van der Waals surface area contributed by atoms with Crippen molar-refractivity contribution in [3.05, 3.63) is 78.2 Å². The number of rotatable bonds is 6. The van der Waals surface area contributed by atoms with Crippen LogP contribution < -0.4 is 9.64 Å². The molecule has 2 aromatic carbocycles. The molecule has 0 radical (unpaired) electrons. The van der Waals surface area contributed by atoms with Gasteiger partial charge >= 0.3 is 0 Å². The van der Waals surface area contributed by atoms with Crippen LogP contribution in [0, 0.1) is 0 Å². The molecule has 0 saturated carbocycles. The molecule has 5 rings (SSSR count). The van der Waals surface area contributed by atoms with Crippen LogP contribution >= 0.6 is 0 Å². The van der Waals surface area contributed by atoms with E-state index in [-0.39, 0.29) is 0 Å². The Hall–Kier alpha value is -3.45.